The van der Waals surface area contributed by atoms with Crippen LogP contribution in [0.25, 0.3) is 0 Å². The van der Waals surface area contributed by atoms with E-state index in [1.165, 1.54) is 4.90 Å². The Morgan fingerprint density at radius 2 is 2.05 bits per heavy atom. The van der Waals surface area contributed by atoms with E-state index < -0.39 is 0 Å². The Morgan fingerprint density at radius 1 is 1.37 bits per heavy atom. The van der Waals surface area contributed by atoms with Crippen molar-refractivity contribution in [3.8, 4) is 0 Å². The Morgan fingerprint density at radius 3 is 2.53 bits per heavy atom. The molecule has 0 saturated heterocycles. The van der Waals surface area contributed by atoms with Gasteiger partial charge >= 0.3 is 0 Å². The first-order valence-electron chi connectivity index (χ1n) is 6.34. The van der Waals surface area contributed by atoms with Gasteiger partial charge in [0.05, 0.1) is 13.3 Å². The molecule has 0 aromatic carbocycles. The van der Waals surface area contributed by atoms with E-state index in [0.717, 1.165) is 19.3 Å². The van der Waals surface area contributed by atoms with Crippen molar-refractivity contribution in [3.05, 3.63) is 0 Å². The van der Waals surface area contributed by atoms with Gasteiger partial charge in [-0.3, -0.25) is 9.59 Å². The lowest BCUT2D eigenvalue weighted by atomic mass is 10.1. The minimum Gasteiger partial charge on any atom is -0.383 e. The average Bonchev–Trinajstić information content (AvgIpc) is 2.41. The van der Waals surface area contributed by atoms with Gasteiger partial charge in [0.25, 0.3) is 0 Å². The Kier molecular flexibility index (Phi) is 10.1. The summed E-state index contributed by atoms with van der Waals surface area (Å²) in [6.07, 6.45) is 3.00. The van der Waals surface area contributed by atoms with Crippen molar-refractivity contribution in [1.29, 1.82) is 0 Å². The predicted octanol–water partition coefficient (Wildman–Crippen LogP) is -1.17. The van der Waals surface area contributed by atoms with Crippen molar-refractivity contribution in [2.45, 2.75) is 24.9 Å². The van der Waals surface area contributed by atoms with Gasteiger partial charge < -0.3 is 25.6 Å². The molecule has 2 atom stereocenters. The minimum absolute atomic E-state index is 0.0234. The second-order valence-electron chi connectivity index (χ2n) is 4.65. The first-order valence-corrected chi connectivity index (χ1v) is 6.34. The number of carbonyl (C=O) groups is 2. The molecule has 19 heavy (non-hydrogen) atoms. The molecule has 0 radical (unpaired) electrons. The molecule has 7 nitrogen and oxygen atoms in total. The summed E-state index contributed by atoms with van der Waals surface area (Å²) in [6.45, 7) is 1.39. The number of hydrogen-bond acceptors (Lipinski definition) is 5. The predicted molar refractivity (Wildman–Crippen MR) is 73.4 cm³/mol. The topological polar surface area (TPSA) is 87.9 Å². The van der Waals surface area contributed by atoms with E-state index in [0.29, 0.717) is 26.2 Å². The monoisotopic (exact) mass is 274 g/mol. The number of amides is 2. The number of carbonyl (C=O) groups excluding carboxylic acids is 2. The van der Waals surface area contributed by atoms with Crippen LogP contribution in [0.2, 0.25) is 0 Å². The minimum atomic E-state index is -0.0234. The summed E-state index contributed by atoms with van der Waals surface area (Å²) >= 11 is 0. The summed E-state index contributed by atoms with van der Waals surface area (Å²) in [4.78, 5) is 24.4. The lowest BCUT2D eigenvalue weighted by molar-refractivity contribution is -0.124. The summed E-state index contributed by atoms with van der Waals surface area (Å²) in [5, 5.41) is 3.18. The zero-order valence-corrected chi connectivity index (χ0v) is 12.0. The summed E-state index contributed by atoms with van der Waals surface area (Å²) in [5.41, 5.74) is 5.90. The van der Waals surface area contributed by atoms with Crippen LogP contribution in [0, 0.1) is 0 Å². The third kappa shape index (κ3) is 8.52. The van der Waals surface area contributed by atoms with E-state index in [1.807, 2.05) is 7.05 Å². The molecule has 2 unspecified atom stereocenters. The number of ether oxygens (including phenoxy) is 1. The van der Waals surface area contributed by atoms with Gasteiger partial charge in [-0.25, -0.2) is 0 Å². The van der Waals surface area contributed by atoms with E-state index in [9.17, 15) is 9.59 Å². The fourth-order valence-corrected chi connectivity index (χ4v) is 1.83. The summed E-state index contributed by atoms with van der Waals surface area (Å²) < 4.78 is 5.00. The van der Waals surface area contributed by atoms with Crippen LogP contribution in [0.5, 0.6) is 0 Å². The molecular weight excluding hydrogens is 248 g/mol. The maximum atomic E-state index is 10.9. The summed E-state index contributed by atoms with van der Waals surface area (Å²) in [7, 11) is 5.12. The zero-order valence-electron chi connectivity index (χ0n) is 12.0. The fraction of sp³-hybridized carbons (Fsp3) is 0.833. The molecule has 0 bridgehead atoms. The highest BCUT2D eigenvalue weighted by molar-refractivity contribution is 5.50. The number of hydrogen-bond donors (Lipinski definition) is 2. The molecule has 0 aromatic heterocycles. The molecule has 0 spiro atoms. The number of nitrogens with one attached hydrogen (secondary N) is 1. The lowest BCUT2D eigenvalue weighted by Crippen LogP contribution is -2.40. The number of rotatable bonds is 12. The van der Waals surface area contributed by atoms with Crippen LogP contribution in [0.15, 0.2) is 0 Å². The van der Waals surface area contributed by atoms with Gasteiger partial charge in [0.1, 0.15) is 0 Å². The van der Waals surface area contributed by atoms with E-state index in [2.05, 4.69) is 5.32 Å². The summed E-state index contributed by atoms with van der Waals surface area (Å²) in [6, 6.07) is 0.193. The molecule has 0 aliphatic rings. The Balaban J connectivity index is 4.08. The van der Waals surface area contributed by atoms with Crippen molar-refractivity contribution in [3.63, 3.8) is 0 Å². The molecule has 0 aromatic rings. The molecule has 0 heterocycles. The van der Waals surface area contributed by atoms with Crippen LogP contribution in [0.4, 0.5) is 0 Å². The van der Waals surface area contributed by atoms with Crippen LogP contribution < -0.4 is 11.1 Å². The van der Waals surface area contributed by atoms with Gasteiger partial charge in [0.2, 0.25) is 12.8 Å². The molecule has 112 valence electrons. The molecule has 7 heteroatoms. The highest BCUT2D eigenvalue weighted by Gasteiger charge is 2.13. The van der Waals surface area contributed by atoms with Crippen molar-refractivity contribution in [1.82, 2.24) is 15.1 Å². The van der Waals surface area contributed by atoms with Crippen LogP contribution in [0.3, 0.4) is 0 Å². The average molecular weight is 274 g/mol. The quantitative estimate of drug-likeness (QED) is 0.346. The first kappa shape index (κ1) is 17.8. The molecule has 0 aliphatic carbocycles. The SMILES string of the molecule is CNC(CCN(C=O)CN(C)C=O)CC(N)COC. The van der Waals surface area contributed by atoms with Crippen molar-refractivity contribution in [2.24, 2.45) is 5.73 Å². The Bertz CT molecular complexity index is 253. The van der Waals surface area contributed by atoms with E-state index >= 15 is 0 Å². The van der Waals surface area contributed by atoms with Crippen LogP contribution in [-0.2, 0) is 14.3 Å². The molecular formula is C12H26N4O3. The fourth-order valence-electron chi connectivity index (χ4n) is 1.83. The Hall–Kier alpha value is -1.18. The molecule has 3 N–H and O–H groups in total. The smallest absolute Gasteiger partial charge is 0.211 e. The largest absolute Gasteiger partial charge is 0.383 e. The third-order valence-corrected chi connectivity index (χ3v) is 2.87. The lowest BCUT2D eigenvalue weighted by Gasteiger charge is -2.25. The standard InChI is InChI=1S/C12H26N4O3/c1-14-12(6-11(13)7-19-3)4-5-16(10-18)8-15(2)9-17/h9-12,14H,4-8,13H2,1-3H3. The number of nitrogens with zero attached hydrogens (tertiary/aromatic N) is 2. The molecule has 0 saturated carbocycles. The number of nitrogens with two attached hydrogens (primary N) is 1. The van der Waals surface area contributed by atoms with Crippen LogP contribution in [0.1, 0.15) is 12.8 Å². The second-order valence-corrected chi connectivity index (χ2v) is 4.65. The van der Waals surface area contributed by atoms with Gasteiger partial charge in [0.15, 0.2) is 0 Å². The highest BCUT2D eigenvalue weighted by Crippen LogP contribution is 2.03. The second kappa shape index (κ2) is 10.7. The van der Waals surface area contributed by atoms with Gasteiger partial charge in [-0.1, -0.05) is 0 Å². The van der Waals surface area contributed by atoms with Crippen molar-refractivity contribution < 1.29 is 14.3 Å². The third-order valence-electron chi connectivity index (χ3n) is 2.87. The first-order chi connectivity index (χ1) is 9.07. The number of methoxy groups -OCH3 is 1. The van der Waals surface area contributed by atoms with E-state index in [-0.39, 0.29) is 12.1 Å². The van der Waals surface area contributed by atoms with Gasteiger partial charge in [-0.2, -0.15) is 0 Å². The summed E-state index contributed by atoms with van der Waals surface area (Å²) in [5.74, 6) is 0. The maximum Gasteiger partial charge on any atom is 0.211 e. The zero-order chi connectivity index (χ0) is 14.7. The van der Waals surface area contributed by atoms with Gasteiger partial charge in [-0.15, -0.1) is 0 Å². The molecule has 0 rings (SSSR count). The normalized spacial score (nSPS) is 13.7. The highest BCUT2D eigenvalue weighted by atomic mass is 16.5. The van der Waals surface area contributed by atoms with Crippen molar-refractivity contribution in [2.75, 3.05) is 41.0 Å². The molecule has 0 aliphatic heterocycles. The Labute approximate surface area is 115 Å². The van der Waals surface area contributed by atoms with E-state index in [4.69, 9.17) is 10.5 Å². The van der Waals surface area contributed by atoms with E-state index in [1.54, 1.807) is 19.1 Å². The van der Waals surface area contributed by atoms with Crippen molar-refractivity contribution >= 4 is 12.8 Å². The van der Waals surface area contributed by atoms with Gasteiger partial charge in [-0.05, 0) is 19.9 Å². The van der Waals surface area contributed by atoms with Gasteiger partial charge in [0, 0.05) is 32.8 Å². The maximum absolute atomic E-state index is 10.9. The van der Waals surface area contributed by atoms with Crippen LogP contribution >= 0.6 is 0 Å². The molecule has 0 fully saturated rings. The van der Waals surface area contributed by atoms with Crippen LogP contribution in [-0.4, -0.2) is 75.7 Å². The molecule has 2 amide bonds.